The van der Waals surface area contributed by atoms with Crippen LogP contribution in [0, 0.1) is 21.7 Å². The number of nitro groups is 1. The van der Waals surface area contributed by atoms with E-state index in [0.29, 0.717) is 25.0 Å². The van der Waals surface area contributed by atoms with Crippen molar-refractivity contribution in [2.75, 3.05) is 6.61 Å². The lowest BCUT2D eigenvalue weighted by Gasteiger charge is -2.14. The average molecular weight is 272 g/mol. The molecule has 2 rings (SSSR count). The van der Waals surface area contributed by atoms with Gasteiger partial charge in [0, 0.05) is 6.07 Å². The van der Waals surface area contributed by atoms with Gasteiger partial charge in [0.25, 0.3) is 5.91 Å². The normalized spacial score (nSPS) is 15.9. The Balaban J connectivity index is 2.36. The summed E-state index contributed by atoms with van der Waals surface area (Å²) in [5.74, 6) is -3.81. The molecule has 1 saturated carbocycles. The molecular formula is C11H10F2N2O4. The number of nitrogens with one attached hydrogen (secondary N) is 1. The first-order chi connectivity index (χ1) is 8.90. The number of hydrogen-bond donors (Lipinski definition) is 2. The Morgan fingerprint density at radius 2 is 2.11 bits per heavy atom. The van der Waals surface area contributed by atoms with E-state index in [1.807, 2.05) is 0 Å². The molecule has 0 heterocycles. The van der Waals surface area contributed by atoms with Gasteiger partial charge in [-0.2, -0.15) is 4.39 Å². The predicted molar refractivity (Wildman–Crippen MR) is 59.5 cm³/mol. The van der Waals surface area contributed by atoms with Crippen LogP contribution in [0.5, 0.6) is 0 Å². The molecule has 0 aliphatic heterocycles. The second kappa shape index (κ2) is 4.54. The fraction of sp³-hybridized carbons (Fsp3) is 0.364. The number of aliphatic hydroxyl groups is 1. The Bertz CT molecular complexity index is 558. The van der Waals surface area contributed by atoms with Crippen molar-refractivity contribution in [3.8, 4) is 0 Å². The number of nitro benzene ring substituents is 1. The van der Waals surface area contributed by atoms with E-state index in [1.54, 1.807) is 0 Å². The molecule has 0 atom stereocenters. The van der Waals surface area contributed by atoms with Gasteiger partial charge in [-0.1, -0.05) is 0 Å². The van der Waals surface area contributed by atoms with E-state index in [4.69, 9.17) is 5.11 Å². The van der Waals surface area contributed by atoms with Crippen molar-refractivity contribution in [1.82, 2.24) is 5.32 Å². The number of amides is 1. The fourth-order valence-corrected chi connectivity index (χ4v) is 1.67. The topological polar surface area (TPSA) is 92.5 Å². The molecule has 8 heteroatoms. The molecule has 0 saturated heterocycles. The molecule has 2 N–H and O–H groups in total. The van der Waals surface area contributed by atoms with Gasteiger partial charge in [0.2, 0.25) is 5.82 Å². The predicted octanol–water partition coefficient (Wildman–Crippen LogP) is 1.13. The first-order valence-corrected chi connectivity index (χ1v) is 5.46. The monoisotopic (exact) mass is 272 g/mol. The average Bonchev–Trinajstić information content (AvgIpc) is 3.09. The van der Waals surface area contributed by atoms with E-state index in [2.05, 4.69) is 5.32 Å². The van der Waals surface area contributed by atoms with Gasteiger partial charge in [0.1, 0.15) is 11.4 Å². The largest absolute Gasteiger partial charge is 0.394 e. The molecule has 1 aliphatic carbocycles. The van der Waals surface area contributed by atoms with Gasteiger partial charge in [0.15, 0.2) is 0 Å². The zero-order valence-corrected chi connectivity index (χ0v) is 9.65. The van der Waals surface area contributed by atoms with Crippen LogP contribution in [0.3, 0.4) is 0 Å². The molecule has 102 valence electrons. The highest BCUT2D eigenvalue weighted by Gasteiger charge is 2.44. The molecule has 1 aromatic carbocycles. The third-order valence-electron chi connectivity index (χ3n) is 3.03. The third kappa shape index (κ3) is 2.39. The maximum atomic E-state index is 13.7. The first kappa shape index (κ1) is 13.3. The van der Waals surface area contributed by atoms with Crippen molar-refractivity contribution in [1.29, 1.82) is 0 Å². The van der Waals surface area contributed by atoms with E-state index in [0.717, 1.165) is 0 Å². The summed E-state index contributed by atoms with van der Waals surface area (Å²) in [7, 11) is 0. The molecule has 0 bridgehead atoms. The third-order valence-corrected chi connectivity index (χ3v) is 3.03. The van der Waals surface area contributed by atoms with Gasteiger partial charge in [-0.25, -0.2) is 4.39 Å². The minimum atomic E-state index is -1.52. The smallest absolute Gasteiger partial charge is 0.305 e. The van der Waals surface area contributed by atoms with Gasteiger partial charge >= 0.3 is 5.69 Å². The van der Waals surface area contributed by atoms with E-state index in [-0.39, 0.29) is 6.61 Å². The molecular weight excluding hydrogens is 262 g/mol. The molecule has 1 aromatic rings. The van der Waals surface area contributed by atoms with E-state index in [9.17, 15) is 23.7 Å². The van der Waals surface area contributed by atoms with Crippen LogP contribution in [0.1, 0.15) is 23.2 Å². The minimum absolute atomic E-state index is 0.350. The molecule has 19 heavy (non-hydrogen) atoms. The van der Waals surface area contributed by atoms with E-state index >= 15 is 0 Å². The standard InChI is InChI=1S/C11H10F2N2O4/c12-6-1-2-7(15(18)19)9(13)8(6)10(17)14-11(5-16)3-4-11/h1-2,16H,3-5H2,(H,14,17). The lowest BCUT2D eigenvalue weighted by atomic mass is 10.1. The maximum absolute atomic E-state index is 13.7. The van der Waals surface area contributed by atoms with Crippen LogP contribution in [0.15, 0.2) is 12.1 Å². The van der Waals surface area contributed by atoms with Crippen molar-refractivity contribution >= 4 is 11.6 Å². The minimum Gasteiger partial charge on any atom is -0.394 e. The summed E-state index contributed by atoms with van der Waals surface area (Å²) in [5, 5.41) is 21.8. The number of carbonyl (C=O) groups excluding carboxylic acids is 1. The van der Waals surface area contributed by atoms with Crippen molar-refractivity contribution < 1.29 is 23.6 Å². The van der Waals surface area contributed by atoms with Crippen molar-refractivity contribution in [2.24, 2.45) is 0 Å². The fourth-order valence-electron chi connectivity index (χ4n) is 1.67. The summed E-state index contributed by atoms with van der Waals surface area (Å²) in [4.78, 5) is 21.2. The zero-order valence-electron chi connectivity index (χ0n) is 9.65. The van der Waals surface area contributed by atoms with Gasteiger partial charge in [0.05, 0.1) is 17.1 Å². The number of rotatable bonds is 4. The summed E-state index contributed by atoms with van der Waals surface area (Å²) < 4.78 is 27.2. The van der Waals surface area contributed by atoms with Crippen LogP contribution in [-0.4, -0.2) is 28.1 Å². The van der Waals surface area contributed by atoms with Crippen LogP contribution in [0.4, 0.5) is 14.5 Å². The summed E-state index contributed by atoms with van der Waals surface area (Å²) in [6.07, 6.45) is 0.987. The summed E-state index contributed by atoms with van der Waals surface area (Å²) in [6.45, 7) is -0.350. The van der Waals surface area contributed by atoms with Gasteiger partial charge < -0.3 is 10.4 Å². The van der Waals surface area contributed by atoms with Crippen LogP contribution < -0.4 is 5.32 Å². The van der Waals surface area contributed by atoms with Crippen LogP contribution in [0.25, 0.3) is 0 Å². The number of carbonyl (C=O) groups is 1. The van der Waals surface area contributed by atoms with Gasteiger partial charge in [-0.05, 0) is 18.9 Å². The summed E-state index contributed by atoms with van der Waals surface area (Å²) in [6, 6.07) is 1.31. The number of hydrogen-bond acceptors (Lipinski definition) is 4. The highest BCUT2D eigenvalue weighted by Crippen LogP contribution is 2.35. The van der Waals surface area contributed by atoms with Gasteiger partial charge in [-0.15, -0.1) is 0 Å². The first-order valence-electron chi connectivity index (χ1n) is 5.46. The summed E-state index contributed by atoms with van der Waals surface area (Å²) >= 11 is 0. The van der Waals surface area contributed by atoms with Crippen LogP contribution >= 0.6 is 0 Å². The lowest BCUT2D eigenvalue weighted by molar-refractivity contribution is -0.387. The van der Waals surface area contributed by atoms with Crippen LogP contribution in [-0.2, 0) is 0 Å². The number of nitrogens with zero attached hydrogens (tertiary/aromatic N) is 1. The zero-order chi connectivity index (χ0) is 14.2. The van der Waals surface area contributed by atoms with Crippen molar-refractivity contribution in [3.05, 3.63) is 39.4 Å². The molecule has 0 aromatic heterocycles. The second-order valence-corrected chi connectivity index (χ2v) is 4.41. The molecule has 0 unspecified atom stereocenters. The molecule has 1 amide bonds. The molecule has 6 nitrogen and oxygen atoms in total. The Kier molecular flexibility index (Phi) is 3.19. The van der Waals surface area contributed by atoms with Crippen LogP contribution in [0.2, 0.25) is 0 Å². The highest BCUT2D eigenvalue weighted by molar-refractivity contribution is 5.96. The molecule has 0 radical (unpaired) electrons. The second-order valence-electron chi connectivity index (χ2n) is 4.41. The Hall–Kier alpha value is -2.09. The Morgan fingerprint density at radius 1 is 1.47 bits per heavy atom. The maximum Gasteiger partial charge on any atom is 0.305 e. The number of aliphatic hydroxyl groups excluding tert-OH is 1. The SMILES string of the molecule is O=C(NC1(CO)CC1)c1c(F)ccc([N+](=O)[O-])c1F. The Morgan fingerprint density at radius 3 is 2.58 bits per heavy atom. The highest BCUT2D eigenvalue weighted by atomic mass is 19.1. The van der Waals surface area contributed by atoms with E-state index < -0.39 is 39.3 Å². The number of benzene rings is 1. The Labute approximate surface area is 106 Å². The molecule has 0 spiro atoms. The van der Waals surface area contributed by atoms with Crippen molar-refractivity contribution in [2.45, 2.75) is 18.4 Å². The number of halogens is 2. The molecule has 1 fully saturated rings. The quantitative estimate of drug-likeness (QED) is 0.634. The lowest BCUT2D eigenvalue weighted by Crippen LogP contribution is -2.40. The van der Waals surface area contributed by atoms with Gasteiger partial charge in [-0.3, -0.25) is 14.9 Å². The van der Waals surface area contributed by atoms with E-state index in [1.165, 1.54) is 0 Å². The summed E-state index contributed by atoms with van der Waals surface area (Å²) in [5.41, 5.74) is -2.84. The molecule has 1 aliphatic rings. The van der Waals surface area contributed by atoms with Crippen molar-refractivity contribution in [3.63, 3.8) is 0 Å².